The van der Waals surface area contributed by atoms with E-state index in [0.717, 1.165) is 28.3 Å². The van der Waals surface area contributed by atoms with Crippen molar-refractivity contribution in [3.8, 4) is 0 Å². The van der Waals surface area contributed by atoms with Crippen LogP contribution in [0.15, 0.2) is 34.1 Å². The van der Waals surface area contributed by atoms with Gasteiger partial charge in [0.05, 0.1) is 8.81 Å². The summed E-state index contributed by atoms with van der Waals surface area (Å²) in [6, 6.07) is 10.7. The molecule has 2 aromatic rings. The van der Waals surface area contributed by atoms with Crippen molar-refractivity contribution >= 4 is 38.9 Å². The number of halogens is 2. The van der Waals surface area contributed by atoms with E-state index in [4.69, 9.17) is 11.6 Å². The maximum Gasteiger partial charge on any atom is 0.0890 e. The summed E-state index contributed by atoms with van der Waals surface area (Å²) in [5, 5.41) is 0.913. The Balaban J connectivity index is 2.10. The van der Waals surface area contributed by atoms with Crippen LogP contribution in [0.3, 0.4) is 0 Å². The zero-order valence-electron chi connectivity index (χ0n) is 10.7. The summed E-state index contributed by atoms with van der Waals surface area (Å²) in [6.07, 6.45) is 1.04. The molecule has 1 nitrogen and oxygen atoms in total. The summed E-state index contributed by atoms with van der Waals surface area (Å²) >= 11 is 11.8. The van der Waals surface area contributed by atoms with Gasteiger partial charge in [-0.15, -0.1) is 11.3 Å². The van der Waals surface area contributed by atoms with E-state index < -0.39 is 0 Å². The normalized spacial score (nSPS) is 20.1. The van der Waals surface area contributed by atoms with Gasteiger partial charge in [-0.1, -0.05) is 41.9 Å². The lowest BCUT2D eigenvalue weighted by Crippen LogP contribution is -2.24. The van der Waals surface area contributed by atoms with Gasteiger partial charge in [0.25, 0.3) is 0 Å². The van der Waals surface area contributed by atoms with E-state index in [-0.39, 0.29) is 0 Å². The van der Waals surface area contributed by atoms with Crippen molar-refractivity contribution in [1.29, 1.82) is 0 Å². The third-order valence-electron chi connectivity index (χ3n) is 3.69. The predicted molar refractivity (Wildman–Crippen MR) is 86.5 cm³/mol. The van der Waals surface area contributed by atoms with Crippen molar-refractivity contribution in [2.75, 3.05) is 20.1 Å². The van der Waals surface area contributed by atoms with E-state index in [1.165, 1.54) is 16.0 Å². The van der Waals surface area contributed by atoms with Gasteiger partial charge in [0.2, 0.25) is 0 Å². The summed E-state index contributed by atoms with van der Waals surface area (Å²) in [5.41, 5.74) is 2.71. The predicted octanol–water partition coefficient (Wildman–Crippen LogP) is 4.78. The Kier molecular flexibility index (Phi) is 3.99. The lowest BCUT2D eigenvalue weighted by Gasteiger charge is -2.20. The molecule has 0 saturated heterocycles. The van der Waals surface area contributed by atoms with Crippen LogP contribution in [-0.2, 0) is 6.42 Å². The third kappa shape index (κ3) is 2.62. The van der Waals surface area contributed by atoms with Gasteiger partial charge in [0.15, 0.2) is 0 Å². The second-order valence-corrected chi connectivity index (χ2v) is 7.76. The first-order chi connectivity index (χ1) is 9.16. The molecule has 0 radical (unpaired) electrons. The third-order valence-corrected chi connectivity index (χ3v) is 6.46. The lowest BCUT2D eigenvalue weighted by atomic mass is 9.95. The summed E-state index contributed by atoms with van der Waals surface area (Å²) in [6.45, 7) is 2.12. The van der Waals surface area contributed by atoms with E-state index in [1.807, 2.05) is 0 Å². The molecule has 0 amide bonds. The number of nitrogens with zero attached hydrogens (tertiary/aromatic N) is 1. The molecule has 0 saturated carbocycles. The molecular formula is C15H15BrClNS. The summed E-state index contributed by atoms with van der Waals surface area (Å²) in [7, 11) is 2.19. The molecule has 1 aromatic heterocycles. The van der Waals surface area contributed by atoms with E-state index in [9.17, 15) is 0 Å². The maximum atomic E-state index is 6.44. The van der Waals surface area contributed by atoms with Crippen molar-refractivity contribution < 1.29 is 0 Å². The SMILES string of the molecule is CN1CCc2c(sc(Br)c2Cl)C(c2ccccc2)C1. The van der Waals surface area contributed by atoms with Crippen LogP contribution in [0, 0.1) is 0 Å². The number of hydrogen-bond acceptors (Lipinski definition) is 2. The second kappa shape index (κ2) is 5.57. The number of likely N-dealkylation sites (N-methyl/N-ethyl adjacent to an activating group) is 1. The van der Waals surface area contributed by atoms with E-state index in [1.54, 1.807) is 11.3 Å². The van der Waals surface area contributed by atoms with E-state index in [2.05, 4.69) is 58.2 Å². The topological polar surface area (TPSA) is 3.24 Å². The molecule has 0 bridgehead atoms. The van der Waals surface area contributed by atoms with Crippen molar-refractivity contribution in [2.45, 2.75) is 12.3 Å². The number of rotatable bonds is 1. The van der Waals surface area contributed by atoms with Gasteiger partial charge < -0.3 is 4.90 Å². The highest BCUT2D eigenvalue weighted by atomic mass is 79.9. The molecule has 2 heterocycles. The molecule has 1 aromatic carbocycles. The molecule has 1 aliphatic rings. The molecular weight excluding hydrogens is 342 g/mol. The van der Waals surface area contributed by atoms with E-state index >= 15 is 0 Å². The minimum Gasteiger partial charge on any atom is -0.305 e. The molecule has 100 valence electrons. The standard InChI is InChI=1S/C15H15BrClNS/c1-18-8-7-11-13(17)15(16)19-14(11)12(9-18)10-5-3-2-4-6-10/h2-6,12H,7-9H2,1H3. The minimum atomic E-state index is 0.428. The summed E-state index contributed by atoms with van der Waals surface area (Å²) in [4.78, 5) is 3.82. The first-order valence-corrected chi connectivity index (χ1v) is 8.35. The molecule has 0 aliphatic carbocycles. The molecule has 4 heteroatoms. The first-order valence-electron chi connectivity index (χ1n) is 6.37. The molecule has 0 fully saturated rings. The van der Waals surface area contributed by atoms with Crippen molar-refractivity contribution in [1.82, 2.24) is 4.90 Å². The fraction of sp³-hybridized carbons (Fsp3) is 0.333. The van der Waals surface area contributed by atoms with Crippen LogP contribution in [0.1, 0.15) is 21.9 Å². The smallest absolute Gasteiger partial charge is 0.0890 e. The van der Waals surface area contributed by atoms with Crippen LogP contribution >= 0.6 is 38.9 Å². The Morgan fingerprint density at radius 3 is 2.79 bits per heavy atom. The van der Waals surface area contributed by atoms with Crippen LogP contribution < -0.4 is 0 Å². The second-order valence-electron chi connectivity index (χ2n) is 5.01. The molecule has 1 aliphatic heterocycles. The Hall–Kier alpha value is -0.350. The highest BCUT2D eigenvalue weighted by Gasteiger charge is 2.27. The highest BCUT2D eigenvalue weighted by molar-refractivity contribution is 9.11. The van der Waals surface area contributed by atoms with Crippen LogP contribution in [0.4, 0.5) is 0 Å². The summed E-state index contributed by atoms with van der Waals surface area (Å²) in [5.74, 6) is 0.428. The van der Waals surface area contributed by atoms with Crippen molar-refractivity contribution in [3.05, 3.63) is 55.1 Å². The number of fused-ring (bicyclic) bond motifs is 1. The Morgan fingerprint density at radius 2 is 2.05 bits per heavy atom. The van der Waals surface area contributed by atoms with Gasteiger partial charge in [-0.3, -0.25) is 0 Å². The zero-order chi connectivity index (χ0) is 13.4. The van der Waals surface area contributed by atoms with Crippen LogP contribution in [0.5, 0.6) is 0 Å². The number of hydrogen-bond donors (Lipinski definition) is 0. The maximum absolute atomic E-state index is 6.44. The monoisotopic (exact) mass is 355 g/mol. The number of benzene rings is 1. The van der Waals surface area contributed by atoms with Crippen LogP contribution in [-0.4, -0.2) is 25.0 Å². The zero-order valence-corrected chi connectivity index (χ0v) is 13.9. The average Bonchev–Trinajstić information content (AvgIpc) is 2.60. The van der Waals surface area contributed by atoms with Gasteiger partial charge >= 0.3 is 0 Å². The fourth-order valence-electron chi connectivity index (χ4n) is 2.67. The van der Waals surface area contributed by atoms with Gasteiger partial charge in [-0.2, -0.15) is 0 Å². The quantitative estimate of drug-likeness (QED) is 0.710. The summed E-state index contributed by atoms with van der Waals surface area (Å²) < 4.78 is 1.07. The minimum absolute atomic E-state index is 0.428. The Morgan fingerprint density at radius 1 is 1.32 bits per heavy atom. The Labute approximate surface area is 131 Å². The largest absolute Gasteiger partial charge is 0.305 e. The fourth-order valence-corrected chi connectivity index (χ4v) is 4.89. The average molecular weight is 357 g/mol. The van der Waals surface area contributed by atoms with Crippen molar-refractivity contribution in [2.24, 2.45) is 0 Å². The molecule has 0 N–H and O–H groups in total. The highest BCUT2D eigenvalue weighted by Crippen LogP contribution is 2.44. The lowest BCUT2D eigenvalue weighted by molar-refractivity contribution is 0.338. The van der Waals surface area contributed by atoms with E-state index in [0.29, 0.717) is 5.92 Å². The molecule has 0 spiro atoms. The van der Waals surface area contributed by atoms with Gasteiger partial charge in [0.1, 0.15) is 0 Å². The molecule has 19 heavy (non-hydrogen) atoms. The van der Waals surface area contributed by atoms with Crippen LogP contribution in [0.25, 0.3) is 0 Å². The molecule has 3 rings (SSSR count). The van der Waals surface area contributed by atoms with Crippen LogP contribution in [0.2, 0.25) is 5.02 Å². The van der Waals surface area contributed by atoms with Gasteiger partial charge in [0, 0.05) is 23.9 Å². The van der Waals surface area contributed by atoms with Gasteiger partial charge in [-0.25, -0.2) is 0 Å². The molecule has 1 atom stereocenters. The number of thiophene rings is 1. The van der Waals surface area contributed by atoms with Gasteiger partial charge in [-0.05, 0) is 40.5 Å². The van der Waals surface area contributed by atoms with Crippen molar-refractivity contribution in [3.63, 3.8) is 0 Å². The Bertz CT molecular complexity index is 581. The first kappa shape index (κ1) is 13.6. The molecule has 1 unspecified atom stereocenters.